The van der Waals surface area contributed by atoms with E-state index < -0.39 is 0 Å². The molecular weight excluding hydrogens is 270 g/mol. The van der Waals surface area contributed by atoms with Gasteiger partial charge in [-0.05, 0) is 18.1 Å². The third-order valence-corrected chi connectivity index (χ3v) is 3.81. The molecule has 0 saturated carbocycles. The molecule has 0 unspecified atom stereocenters. The van der Waals surface area contributed by atoms with Crippen LogP contribution in [0.4, 0.5) is 0 Å². The Morgan fingerprint density at radius 1 is 0.909 bits per heavy atom. The molecule has 0 spiro atoms. The zero-order valence-electron chi connectivity index (χ0n) is 14.0. The Balaban J connectivity index is 1.94. The fourth-order valence-electron chi connectivity index (χ4n) is 2.44. The zero-order chi connectivity index (χ0) is 15.9. The fourth-order valence-corrected chi connectivity index (χ4v) is 2.44. The highest BCUT2D eigenvalue weighted by Gasteiger charge is 1.95. The van der Waals surface area contributed by atoms with E-state index in [2.05, 4.69) is 12.2 Å². The Labute approximate surface area is 136 Å². The van der Waals surface area contributed by atoms with Gasteiger partial charge in [-0.2, -0.15) is 0 Å². The first-order valence-electron chi connectivity index (χ1n) is 8.84. The van der Waals surface area contributed by atoms with E-state index in [9.17, 15) is 4.79 Å². The van der Waals surface area contributed by atoms with Crippen molar-refractivity contribution < 1.29 is 4.79 Å². The van der Waals surface area contributed by atoms with Gasteiger partial charge in [0.15, 0.2) is 0 Å². The Bertz CT molecular complexity index is 411. The Hall–Kier alpha value is -1.57. The van der Waals surface area contributed by atoms with Crippen LogP contribution < -0.4 is 5.32 Å². The molecule has 0 bridgehead atoms. The van der Waals surface area contributed by atoms with Crippen LogP contribution in [0, 0.1) is 0 Å². The SMILES string of the molecule is CCCCCCCCCCCNC(=O)/C=C/c1ccccc1. The number of unbranched alkanes of at least 4 members (excludes halogenated alkanes) is 8. The Kier molecular flexibility index (Phi) is 11.0. The molecule has 0 aliphatic heterocycles. The van der Waals surface area contributed by atoms with Crippen LogP contribution in [-0.2, 0) is 4.79 Å². The summed E-state index contributed by atoms with van der Waals surface area (Å²) < 4.78 is 0. The van der Waals surface area contributed by atoms with Crippen LogP contribution in [0.5, 0.6) is 0 Å². The van der Waals surface area contributed by atoms with Gasteiger partial charge in [-0.15, -0.1) is 0 Å². The number of benzene rings is 1. The minimum absolute atomic E-state index is 0.00317. The van der Waals surface area contributed by atoms with Crippen LogP contribution in [0.1, 0.15) is 70.3 Å². The van der Waals surface area contributed by atoms with Crippen molar-refractivity contribution in [3.63, 3.8) is 0 Å². The van der Waals surface area contributed by atoms with Gasteiger partial charge in [0.2, 0.25) is 5.91 Å². The lowest BCUT2D eigenvalue weighted by molar-refractivity contribution is -0.116. The number of rotatable bonds is 12. The van der Waals surface area contributed by atoms with Crippen LogP contribution in [-0.4, -0.2) is 12.5 Å². The molecule has 122 valence electrons. The molecule has 0 fully saturated rings. The first-order chi connectivity index (χ1) is 10.8. The predicted octanol–water partition coefficient (Wildman–Crippen LogP) is 5.35. The molecule has 0 radical (unpaired) electrons. The van der Waals surface area contributed by atoms with E-state index >= 15 is 0 Å². The first kappa shape index (κ1) is 18.5. The average Bonchev–Trinajstić information content (AvgIpc) is 2.55. The molecule has 1 aromatic rings. The molecule has 0 aliphatic carbocycles. The summed E-state index contributed by atoms with van der Waals surface area (Å²) in [5.74, 6) is 0.00317. The average molecular weight is 301 g/mol. The second kappa shape index (κ2) is 13.1. The van der Waals surface area contributed by atoms with E-state index in [0.29, 0.717) is 0 Å². The Morgan fingerprint density at radius 3 is 2.14 bits per heavy atom. The van der Waals surface area contributed by atoms with Crippen LogP contribution in [0.25, 0.3) is 6.08 Å². The minimum atomic E-state index is 0.00317. The molecule has 0 aromatic heterocycles. The Morgan fingerprint density at radius 2 is 1.50 bits per heavy atom. The quantitative estimate of drug-likeness (QED) is 0.409. The number of hydrogen-bond acceptors (Lipinski definition) is 1. The van der Waals surface area contributed by atoms with Gasteiger partial charge in [0.1, 0.15) is 0 Å². The summed E-state index contributed by atoms with van der Waals surface area (Å²) in [7, 11) is 0. The number of carbonyl (C=O) groups is 1. The van der Waals surface area contributed by atoms with Crippen LogP contribution >= 0.6 is 0 Å². The van der Waals surface area contributed by atoms with E-state index in [1.807, 2.05) is 36.4 Å². The van der Waals surface area contributed by atoms with Gasteiger partial charge in [0.25, 0.3) is 0 Å². The molecule has 2 nitrogen and oxygen atoms in total. The summed E-state index contributed by atoms with van der Waals surface area (Å²) in [6.07, 6.45) is 15.2. The molecule has 0 atom stereocenters. The summed E-state index contributed by atoms with van der Waals surface area (Å²) in [6.45, 7) is 3.04. The lowest BCUT2D eigenvalue weighted by Crippen LogP contribution is -2.21. The van der Waals surface area contributed by atoms with Gasteiger partial charge in [-0.25, -0.2) is 0 Å². The van der Waals surface area contributed by atoms with Gasteiger partial charge in [0.05, 0.1) is 0 Å². The highest BCUT2D eigenvalue weighted by molar-refractivity contribution is 5.91. The largest absolute Gasteiger partial charge is 0.353 e. The van der Waals surface area contributed by atoms with Crippen molar-refractivity contribution in [3.05, 3.63) is 42.0 Å². The predicted molar refractivity (Wildman–Crippen MR) is 95.7 cm³/mol. The van der Waals surface area contributed by atoms with Crippen molar-refractivity contribution in [1.29, 1.82) is 0 Å². The van der Waals surface area contributed by atoms with E-state index in [1.54, 1.807) is 6.08 Å². The van der Waals surface area contributed by atoms with Crippen molar-refractivity contribution in [1.82, 2.24) is 5.32 Å². The van der Waals surface area contributed by atoms with E-state index in [0.717, 1.165) is 18.5 Å². The van der Waals surface area contributed by atoms with Crippen LogP contribution in [0.15, 0.2) is 36.4 Å². The van der Waals surface area contributed by atoms with E-state index in [1.165, 1.54) is 51.4 Å². The number of carbonyl (C=O) groups excluding carboxylic acids is 1. The summed E-state index contributed by atoms with van der Waals surface area (Å²) in [5.41, 5.74) is 1.06. The molecule has 22 heavy (non-hydrogen) atoms. The zero-order valence-corrected chi connectivity index (χ0v) is 14.0. The molecular formula is C20H31NO. The standard InChI is InChI=1S/C20H31NO/c1-2-3-4-5-6-7-8-9-13-18-21-20(22)17-16-19-14-11-10-12-15-19/h10-12,14-17H,2-9,13,18H2,1H3,(H,21,22)/b17-16+. The van der Waals surface area contributed by atoms with Gasteiger partial charge >= 0.3 is 0 Å². The van der Waals surface area contributed by atoms with Crippen molar-refractivity contribution in [3.8, 4) is 0 Å². The van der Waals surface area contributed by atoms with E-state index in [4.69, 9.17) is 0 Å². The number of nitrogens with one attached hydrogen (secondary N) is 1. The fraction of sp³-hybridized carbons (Fsp3) is 0.550. The molecule has 1 N–H and O–H groups in total. The molecule has 1 aromatic carbocycles. The number of hydrogen-bond donors (Lipinski definition) is 1. The smallest absolute Gasteiger partial charge is 0.243 e. The van der Waals surface area contributed by atoms with Gasteiger partial charge in [0, 0.05) is 12.6 Å². The molecule has 1 amide bonds. The molecule has 2 heteroatoms. The van der Waals surface area contributed by atoms with Gasteiger partial charge in [-0.1, -0.05) is 88.6 Å². The minimum Gasteiger partial charge on any atom is -0.353 e. The summed E-state index contributed by atoms with van der Waals surface area (Å²) >= 11 is 0. The van der Waals surface area contributed by atoms with Crippen LogP contribution in [0.2, 0.25) is 0 Å². The topological polar surface area (TPSA) is 29.1 Å². The molecule has 0 saturated heterocycles. The second-order valence-electron chi connectivity index (χ2n) is 5.86. The molecule has 0 heterocycles. The normalized spacial score (nSPS) is 11.0. The van der Waals surface area contributed by atoms with Crippen molar-refractivity contribution in [2.75, 3.05) is 6.54 Å². The van der Waals surface area contributed by atoms with Gasteiger partial charge in [-0.3, -0.25) is 4.79 Å². The third-order valence-electron chi connectivity index (χ3n) is 3.81. The van der Waals surface area contributed by atoms with Crippen molar-refractivity contribution in [2.24, 2.45) is 0 Å². The lowest BCUT2D eigenvalue weighted by Gasteiger charge is -2.03. The van der Waals surface area contributed by atoms with Gasteiger partial charge < -0.3 is 5.32 Å². The monoisotopic (exact) mass is 301 g/mol. The maximum atomic E-state index is 11.7. The highest BCUT2D eigenvalue weighted by Crippen LogP contribution is 2.09. The second-order valence-corrected chi connectivity index (χ2v) is 5.86. The summed E-state index contributed by atoms with van der Waals surface area (Å²) in [6, 6.07) is 9.90. The molecule has 0 aliphatic rings. The third kappa shape index (κ3) is 10.2. The van der Waals surface area contributed by atoms with Crippen LogP contribution in [0.3, 0.4) is 0 Å². The lowest BCUT2D eigenvalue weighted by atomic mass is 10.1. The summed E-state index contributed by atoms with van der Waals surface area (Å²) in [5, 5.41) is 2.95. The van der Waals surface area contributed by atoms with E-state index in [-0.39, 0.29) is 5.91 Å². The highest BCUT2D eigenvalue weighted by atomic mass is 16.1. The van der Waals surface area contributed by atoms with Crippen molar-refractivity contribution in [2.45, 2.75) is 64.7 Å². The maximum absolute atomic E-state index is 11.7. The van der Waals surface area contributed by atoms with Crippen molar-refractivity contribution >= 4 is 12.0 Å². The molecule has 1 rings (SSSR count). The number of amides is 1. The summed E-state index contributed by atoms with van der Waals surface area (Å²) in [4.78, 5) is 11.7. The first-order valence-corrected chi connectivity index (χ1v) is 8.84. The maximum Gasteiger partial charge on any atom is 0.243 e.